The summed E-state index contributed by atoms with van der Waals surface area (Å²) in [5, 5.41) is 4.01. The van der Waals surface area contributed by atoms with Crippen LogP contribution in [0.25, 0.3) is 0 Å². The highest BCUT2D eigenvalue weighted by Crippen LogP contribution is 2.32. The molecule has 1 aromatic heterocycles. The summed E-state index contributed by atoms with van der Waals surface area (Å²) in [5.41, 5.74) is -1.32. The zero-order valence-electron chi connectivity index (χ0n) is 16.4. The number of hydrogen-bond acceptors (Lipinski definition) is 6. The van der Waals surface area contributed by atoms with Crippen LogP contribution in [0.5, 0.6) is 5.75 Å². The molecular weight excluding hydrogens is 364 g/mol. The fourth-order valence-electron chi connectivity index (χ4n) is 2.71. The van der Waals surface area contributed by atoms with Crippen LogP contribution in [0.2, 0.25) is 0 Å². The molecule has 6 nitrogen and oxygen atoms in total. The summed E-state index contributed by atoms with van der Waals surface area (Å²) in [6.07, 6.45) is 3.06. The van der Waals surface area contributed by atoms with Gasteiger partial charge in [0.15, 0.2) is 0 Å². The van der Waals surface area contributed by atoms with Crippen molar-refractivity contribution >= 4 is 22.7 Å². The van der Waals surface area contributed by atoms with Crippen molar-refractivity contribution in [1.29, 1.82) is 0 Å². The third kappa shape index (κ3) is 5.48. The topological polar surface area (TPSA) is 80.9 Å². The molecule has 0 radical (unpaired) electrons. The van der Waals surface area contributed by atoms with E-state index >= 15 is 0 Å². The Balaban J connectivity index is 2.23. The predicted molar refractivity (Wildman–Crippen MR) is 110 cm³/mol. The largest absolute Gasteiger partial charge is 0.489 e. The van der Waals surface area contributed by atoms with Crippen LogP contribution in [-0.2, 0) is 4.79 Å². The van der Waals surface area contributed by atoms with Crippen LogP contribution < -0.4 is 15.7 Å². The van der Waals surface area contributed by atoms with E-state index in [0.29, 0.717) is 29.6 Å². The van der Waals surface area contributed by atoms with Gasteiger partial charge in [0.2, 0.25) is 5.91 Å². The van der Waals surface area contributed by atoms with Gasteiger partial charge in [-0.3, -0.25) is 9.79 Å². The molecule has 0 fully saturated rings. The van der Waals surface area contributed by atoms with Crippen molar-refractivity contribution in [3.63, 3.8) is 0 Å². The van der Waals surface area contributed by atoms with E-state index in [2.05, 4.69) is 30.7 Å². The summed E-state index contributed by atoms with van der Waals surface area (Å²) in [6.45, 7) is 11.9. The standard InChI is InChI=1S/C20H28N2O4S/c1-6-8-15(16-10-14(25-9-7-2)11-17(23)26-16)21-19(24)20(5)12-27-18(22-20)13(3)4/h7,10-11,13,15H,2,6,8-9,12H2,1,3-5H3,(H,21,24)/t15-,20+/m1/s1. The average molecular weight is 393 g/mol. The van der Waals surface area contributed by atoms with E-state index < -0.39 is 17.2 Å². The molecule has 1 aliphatic heterocycles. The number of ether oxygens (including phenoxy) is 1. The van der Waals surface area contributed by atoms with Crippen LogP contribution in [0, 0.1) is 5.92 Å². The molecule has 27 heavy (non-hydrogen) atoms. The lowest BCUT2D eigenvalue weighted by molar-refractivity contribution is -0.125. The minimum atomic E-state index is -0.812. The lowest BCUT2D eigenvalue weighted by Gasteiger charge is -2.24. The first kappa shape index (κ1) is 21.3. The SMILES string of the molecule is C=CCOc1cc([C@@H](CCC)NC(=O)[C@]2(C)CSC(C(C)C)=N2)oc(=O)c1. The first-order valence-corrected chi connectivity index (χ1v) is 10.2. The third-order valence-electron chi connectivity index (χ3n) is 4.20. The minimum absolute atomic E-state index is 0.163. The Bertz CT molecular complexity index is 771. The van der Waals surface area contributed by atoms with E-state index in [1.54, 1.807) is 23.9 Å². The van der Waals surface area contributed by atoms with Crippen LogP contribution in [0.4, 0.5) is 0 Å². The number of thioether (sulfide) groups is 1. The van der Waals surface area contributed by atoms with Crippen molar-refractivity contribution in [3.8, 4) is 5.75 Å². The van der Waals surface area contributed by atoms with Crippen LogP contribution >= 0.6 is 11.8 Å². The van der Waals surface area contributed by atoms with Gasteiger partial charge in [0.25, 0.3) is 0 Å². The van der Waals surface area contributed by atoms with Gasteiger partial charge in [0, 0.05) is 17.7 Å². The molecule has 2 rings (SSSR count). The van der Waals surface area contributed by atoms with Crippen LogP contribution in [0.1, 0.15) is 52.3 Å². The maximum absolute atomic E-state index is 12.9. The van der Waals surface area contributed by atoms with Crippen molar-refractivity contribution in [2.75, 3.05) is 12.4 Å². The molecule has 0 aromatic carbocycles. The van der Waals surface area contributed by atoms with E-state index in [0.717, 1.165) is 11.5 Å². The molecule has 2 atom stereocenters. The molecule has 1 aromatic rings. The second-order valence-corrected chi connectivity index (χ2v) is 8.09. The maximum Gasteiger partial charge on any atom is 0.339 e. The number of rotatable bonds is 9. The van der Waals surface area contributed by atoms with Gasteiger partial charge in [0.05, 0.1) is 17.2 Å². The molecule has 0 bridgehead atoms. The van der Waals surface area contributed by atoms with Crippen LogP contribution in [-0.4, -0.2) is 28.8 Å². The van der Waals surface area contributed by atoms with Gasteiger partial charge in [-0.25, -0.2) is 4.79 Å². The minimum Gasteiger partial charge on any atom is -0.489 e. The highest BCUT2D eigenvalue weighted by molar-refractivity contribution is 8.14. The Hall–Kier alpha value is -2.02. The number of nitrogens with zero attached hydrogens (tertiary/aromatic N) is 1. The second-order valence-electron chi connectivity index (χ2n) is 7.10. The second kappa shape index (κ2) is 9.26. The van der Waals surface area contributed by atoms with E-state index in [1.807, 2.05) is 13.8 Å². The summed E-state index contributed by atoms with van der Waals surface area (Å²) in [4.78, 5) is 29.5. The molecule has 1 amide bonds. The van der Waals surface area contributed by atoms with Crippen molar-refractivity contribution in [3.05, 3.63) is 41.0 Å². The van der Waals surface area contributed by atoms with Crippen molar-refractivity contribution in [2.45, 2.75) is 52.1 Å². The summed E-state index contributed by atoms with van der Waals surface area (Å²) in [6, 6.07) is 2.52. The lowest BCUT2D eigenvalue weighted by atomic mass is 10.0. The van der Waals surface area contributed by atoms with Crippen molar-refractivity contribution in [2.24, 2.45) is 10.9 Å². The Labute approximate surface area is 164 Å². The smallest absolute Gasteiger partial charge is 0.339 e. The Morgan fingerprint density at radius 1 is 1.52 bits per heavy atom. The zero-order chi connectivity index (χ0) is 20.0. The van der Waals surface area contributed by atoms with E-state index in [1.165, 1.54) is 6.07 Å². The first-order chi connectivity index (χ1) is 12.8. The molecule has 148 valence electrons. The van der Waals surface area contributed by atoms with Gasteiger partial charge in [-0.05, 0) is 13.3 Å². The molecule has 0 aliphatic carbocycles. The zero-order valence-corrected chi connectivity index (χ0v) is 17.2. The average Bonchev–Trinajstić information content (AvgIpc) is 3.03. The van der Waals surface area contributed by atoms with Gasteiger partial charge in [-0.2, -0.15) is 0 Å². The highest BCUT2D eigenvalue weighted by atomic mass is 32.2. The Morgan fingerprint density at radius 3 is 2.85 bits per heavy atom. The summed E-state index contributed by atoms with van der Waals surface area (Å²) >= 11 is 1.62. The molecule has 0 spiro atoms. The third-order valence-corrected chi connectivity index (χ3v) is 5.76. The molecule has 0 saturated carbocycles. The number of aliphatic imine (C=N–C) groups is 1. The van der Waals surface area contributed by atoms with E-state index in [4.69, 9.17) is 9.15 Å². The number of carbonyl (C=O) groups is 1. The highest BCUT2D eigenvalue weighted by Gasteiger charge is 2.39. The monoisotopic (exact) mass is 392 g/mol. The maximum atomic E-state index is 12.9. The number of nitrogens with one attached hydrogen (secondary N) is 1. The van der Waals surface area contributed by atoms with Crippen molar-refractivity contribution in [1.82, 2.24) is 5.32 Å². The van der Waals surface area contributed by atoms with Gasteiger partial charge in [-0.15, -0.1) is 11.8 Å². The molecule has 7 heteroatoms. The predicted octanol–water partition coefficient (Wildman–Crippen LogP) is 3.72. The van der Waals surface area contributed by atoms with Gasteiger partial charge in [0.1, 0.15) is 23.7 Å². The fraction of sp³-hybridized carbons (Fsp3) is 0.550. The van der Waals surface area contributed by atoms with Gasteiger partial charge >= 0.3 is 5.63 Å². The summed E-state index contributed by atoms with van der Waals surface area (Å²) < 4.78 is 10.8. The number of hydrogen-bond donors (Lipinski definition) is 1. The molecule has 0 unspecified atom stereocenters. The number of amides is 1. The molecule has 1 aliphatic rings. The first-order valence-electron chi connectivity index (χ1n) is 9.21. The summed E-state index contributed by atoms with van der Waals surface area (Å²) in [7, 11) is 0. The fourth-order valence-corrected chi connectivity index (χ4v) is 3.93. The molecular formula is C20H28N2O4S. The van der Waals surface area contributed by atoms with Crippen LogP contribution in [0.15, 0.2) is 39.0 Å². The van der Waals surface area contributed by atoms with Crippen LogP contribution in [0.3, 0.4) is 0 Å². The Kier molecular flexibility index (Phi) is 7.30. The van der Waals surface area contributed by atoms with E-state index in [-0.39, 0.29) is 12.5 Å². The van der Waals surface area contributed by atoms with E-state index in [9.17, 15) is 9.59 Å². The summed E-state index contributed by atoms with van der Waals surface area (Å²) in [5.74, 6) is 1.53. The van der Waals surface area contributed by atoms with Gasteiger partial charge < -0.3 is 14.5 Å². The van der Waals surface area contributed by atoms with Crippen molar-refractivity contribution < 1.29 is 13.9 Å². The molecule has 2 heterocycles. The molecule has 1 N–H and O–H groups in total. The lowest BCUT2D eigenvalue weighted by Crippen LogP contribution is -2.45. The van der Waals surface area contributed by atoms with Gasteiger partial charge in [-0.1, -0.05) is 39.8 Å². The molecule has 0 saturated heterocycles. The Morgan fingerprint density at radius 2 is 2.26 bits per heavy atom. The normalized spacial score (nSPS) is 20.3. The quantitative estimate of drug-likeness (QED) is 0.648. The number of carbonyl (C=O) groups excluding carboxylic acids is 1.